The molecule has 1 amide bonds. The van der Waals surface area contributed by atoms with Crippen LogP contribution in [0.3, 0.4) is 0 Å². The molecule has 142 valence electrons. The van der Waals surface area contributed by atoms with Crippen LogP contribution in [0.1, 0.15) is 41.3 Å². The van der Waals surface area contributed by atoms with Gasteiger partial charge in [-0.25, -0.2) is 4.98 Å². The smallest absolute Gasteiger partial charge is 0.254 e. The molecule has 1 aromatic carbocycles. The van der Waals surface area contributed by atoms with Crippen LogP contribution in [0.15, 0.2) is 53.5 Å². The summed E-state index contributed by atoms with van der Waals surface area (Å²) in [7, 11) is 0. The Bertz CT molecular complexity index is 1060. The average molecular weight is 374 g/mol. The molecule has 0 fully saturated rings. The second kappa shape index (κ2) is 7.76. The number of aryl methyl sites for hydroxylation is 2. The first kappa shape index (κ1) is 18.1. The van der Waals surface area contributed by atoms with Crippen molar-refractivity contribution in [2.24, 2.45) is 0 Å². The molecule has 0 aliphatic heterocycles. The maximum atomic E-state index is 12.5. The molecule has 28 heavy (non-hydrogen) atoms. The SMILES string of the molecule is Cc1nc(-c2ccccn2)[nH]c(=O)c1CCC(=O)N[C@H]1CCc2ccccc21. The van der Waals surface area contributed by atoms with Gasteiger partial charge in [0.15, 0.2) is 5.82 Å². The van der Waals surface area contributed by atoms with E-state index in [-0.39, 0.29) is 23.9 Å². The molecule has 6 nitrogen and oxygen atoms in total. The minimum atomic E-state index is -0.216. The Labute approximate surface area is 163 Å². The number of H-pyrrole nitrogens is 1. The first-order chi connectivity index (χ1) is 13.6. The molecule has 0 spiro atoms. The van der Waals surface area contributed by atoms with E-state index in [0.29, 0.717) is 29.2 Å². The monoisotopic (exact) mass is 374 g/mol. The van der Waals surface area contributed by atoms with Crippen molar-refractivity contribution >= 4 is 5.91 Å². The quantitative estimate of drug-likeness (QED) is 0.719. The fourth-order valence-electron chi connectivity index (χ4n) is 3.74. The Kier molecular flexibility index (Phi) is 5.02. The third-order valence-corrected chi connectivity index (χ3v) is 5.20. The summed E-state index contributed by atoms with van der Waals surface area (Å²) in [5.41, 5.74) is 4.07. The number of carbonyl (C=O) groups excluding carboxylic acids is 1. The molecular weight excluding hydrogens is 352 g/mol. The fraction of sp³-hybridized carbons (Fsp3) is 0.273. The fourth-order valence-corrected chi connectivity index (χ4v) is 3.74. The maximum absolute atomic E-state index is 12.5. The van der Waals surface area contributed by atoms with Crippen LogP contribution in [0.4, 0.5) is 0 Å². The van der Waals surface area contributed by atoms with Crippen molar-refractivity contribution in [2.45, 2.75) is 38.6 Å². The largest absolute Gasteiger partial charge is 0.349 e. The standard InChI is InChI=1S/C22H22N4O2/c1-14-16(22(28)26-21(24-14)19-8-4-5-13-23-19)10-12-20(27)25-18-11-9-15-6-2-3-7-17(15)18/h2-8,13,18H,9-12H2,1H3,(H,25,27)(H,24,26,28)/t18-/m0/s1. The molecule has 3 aromatic rings. The number of aromatic amines is 1. The normalized spacial score (nSPS) is 15.2. The van der Waals surface area contributed by atoms with Crippen LogP contribution in [0.5, 0.6) is 0 Å². The van der Waals surface area contributed by atoms with Gasteiger partial charge in [-0.3, -0.25) is 14.6 Å². The molecule has 0 unspecified atom stereocenters. The molecule has 1 atom stereocenters. The first-order valence-corrected chi connectivity index (χ1v) is 9.50. The summed E-state index contributed by atoms with van der Waals surface area (Å²) in [6, 6.07) is 13.7. The van der Waals surface area contributed by atoms with E-state index in [1.54, 1.807) is 19.2 Å². The molecular formula is C22H22N4O2. The van der Waals surface area contributed by atoms with E-state index < -0.39 is 0 Å². The number of carbonyl (C=O) groups is 1. The summed E-state index contributed by atoms with van der Waals surface area (Å²) >= 11 is 0. The van der Waals surface area contributed by atoms with E-state index in [9.17, 15) is 9.59 Å². The predicted octanol–water partition coefficient (Wildman–Crippen LogP) is 2.88. The van der Waals surface area contributed by atoms with Gasteiger partial charge in [-0.1, -0.05) is 30.3 Å². The van der Waals surface area contributed by atoms with E-state index in [1.165, 1.54) is 11.1 Å². The average Bonchev–Trinajstić information content (AvgIpc) is 3.11. The zero-order valence-corrected chi connectivity index (χ0v) is 15.7. The van der Waals surface area contributed by atoms with Crippen LogP contribution in [-0.4, -0.2) is 20.9 Å². The highest BCUT2D eigenvalue weighted by atomic mass is 16.1. The van der Waals surface area contributed by atoms with Crippen molar-refractivity contribution in [3.8, 4) is 11.5 Å². The van der Waals surface area contributed by atoms with Crippen LogP contribution in [-0.2, 0) is 17.6 Å². The number of rotatable bonds is 5. The molecule has 1 aliphatic rings. The van der Waals surface area contributed by atoms with Crippen molar-refractivity contribution in [1.82, 2.24) is 20.3 Å². The third kappa shape index (κ3) is 3.71. The highest BCUT2D eigenvalue weighted by Crippen LogP contribution is 2.30. The second-order valence-electron chi connectivity index (χ2n) is 7.05. The molecule has 0 saturated carbocycles. The molecule has 0 bridgehead atoms. The summed E-state index contributed by atoms with van der Waals surface area (Å²) in [6.07, 6.45) is 4.18. The van der Waals surface area contributed by atoms with Crippen LogP contribution in [0.25, 0.3) is 11.5 Å². The second-order valence-corrected chi connectivity index (χ2v) is 7.05. The zero-order valence-electron chi connectivity index (χ0n) is 15.7. The first-order valence-electron chi connectivity index (χ1n) is 9.50. The van der Waals surface area contributed by atoms with Crippen molar-refractivity contribution in [3.05, 3.63) is 81.4 Å². The van der Waals surface area contributed by atoms with Crippen LogP contribution < -0.4 is 10.9 Å². The third-order valence-electron chi connectivity index (χ3n) is 5.20. The van der Waals surface area contributed by atoms with Gasteiger partial charge in [-0.15, -0.1) is 0 Å². The summed E-state index contributed by atoms with van der Waals surface area (Å²) in [6.45, 7) is 1.79. The summed E-state index contributed by atoms with van der Waals surface area (Å²) in [5, 5.41) is 3.10. The van der Waals surface area contributed by atoms with Crippen molar-refractivity contribution < 1.29 is 4.79 Å². The minimum absolute atomic E-state index is 0.0469. The molecule has 2 heterocycles. The number of aromatic nitrogens is 3. The highest BCUT2D eigenvalue weighted by molar-refractivity contribution is 5.77. The minimum Gasteiger partial charge on any atom is -0.349 e. The summed E-state index contributed by atoms with van der Waals surface area (Å²) in [4.78, 5) is 36.4. The number of hydrogen-bond donors (Lipinski definition) is 2. The van der Waals surface area contributed by atoms with E-state index >= 15 is 0 Å². The van der Waals surface area contributed by atoms with Crippen LogP contribution in [0, 0.1) is 6.92 Å². The summed E-state index contributed by atoms with van der Waals surface area (Å²) < 4.78 is 0. The van der Waals surface area contributed by atoms with Crippen molar-refractivity contribution in [1.29, 1.82) is 0 Å². The lowest BCUT2D eigenvalue weighted by molar-refractivity contribution is -0.121. The molecule has 0 saturated heterocycles. The lowest BCUT2D eigenvalue weighted by Gasteiger charge is -2.14. The van der Waals surface area contributed by atoms with E-state index in [4.69, 9.17) is 0 Å². The van der Waals surface area contributed by atoms with Gasteiger partial charge < -0.3 is 10.3 Å². The van der Waals surface area contributed by atoms with Crippen molar-refractivity contribution in [3.63, 3.8) is 0 Å². The Hall–Kier alpha value is -3.28. The highest BCUT2D eigenvalue weighted by Gasteiger charge is 2.23. The van der Waals surface area contributed by atoms with Gasteiger partial charge in [0.2, 0.25) is 5.91 Å². The van der Waals surface area contributed by atoms with E-state index in [0.717, 1.165) is 12.8 Å². The molecule has 4 rings (SSSR count). The topological polar surface area (TPSA) is 87.7 Å². The number of nitrogens with one attached hydrogen (secondary N) is 2. The number of nitrogens with zero attached hydrogens (tertiary/aromatic N) is 2. The van der Waals surface area contributed by atoms with Crippen molar-refractivity contribution in [2.75, 3.05) is 0 Å². The van der Waals surface area contributed by atoms with Gasteiger partial charge in [0, 0.05) is 23.9 Å². The van der Waals surface area contributed by atoms with Gasteiger partial charge in [0.25, 0.3) is 5.56 Å². The van der Waals surface area contributed by atoms with Crippen LogP contribution >= 0.6 is 0 Å². The summed E-state index contributed by atoms with van der Waals surface area (Å²) in [5.74, 6) is 0.396. The Morgan fingerprint density at radius 3 is 2.82 bits per heavy atom. The molecule has 2 aromatic heterocycles. The number of pyridine rings is 1. The lowest BCUT2D eigenvalue weighted by Crippen LogP contribution is -2.28. The van der Waals surface area contributed by atoms with Gasteiger partial charge in [0.05, 0.1) is 6.04 Å². The maximum Gasteiger partial charge on any atom is 0.254 e. The van der Waals surface area contributed by atoms with Gasteiger partial charge >= 0.3 is 0 Å². The van der Waals surface area contributed by atoms with E-state index in [1.807, 2.05) is 24.3 Å². The Morgan fingerprint density at radius 2 is 2.04 bits per heavy atom. The molecule has 6 heteroatoms. The van der Waals surface area contributed by atoms with E-state index in [2.05, 4.69) is 32.4 Å². The van der Waals surface area contributed by atoms with Gasteiger partial charge in [-0.2, -0.15) is 0 Å². The predicted molar refractivity (Wildman–Crippen MR) is 107 cm³/mol. The molecule has 2 N–H and O–H groups in total. The number of fused-ring (bicyclic) bond motifs is 1. The Balaban J connectivity index is 1.42. The Morgan fingerprint density at radius 1 is 1.21 bits per heavy atom. The van der Waals surface area contributed by atoms with Crippen LogP contribution in [0.2, 0.25) is 0 Å². The number of benzene rings is 1. The number of hydrogen-bond acceptors (Lipinski definition) is 4. The zero-order chi connectivity index (χ0) is 19.5. The number of amides is 1. The molecule has 0 radical (unpaired) electrons. The van der Waals surface area contributed by atoms with Gasteiger partial charge in [0.1, 0.15) is 5.69 Å². The van der Waals surface area contributed by atoms with Gasteiger partial charge in [-0.05, 0) is 49.4 Å². The lowest BCUT2D eigenvalue weighted by atomic mass is 10.1. The molecule has 1 aliphatic carbocycles.